The molecule has 0 spiro atoms. The van der Waals surface area contributed by atoms with Crippen LogP contribution in [-0.2, 0) is 22.4 Å². The van der Waals surface area contributed by atoms with Crippen LogP contribution in [0.1, 0.15) is 37.8 Å². The van der Waals surface area contributed by atoms with Gasteiger partial charge in [-0.3, -0.25) is 9.59 Å². The smallest absolute Gasteiger partial charge is 0.231 e. The number of hydrogen-bond acceptors (Lipinski definition) is 6. The molecule has 0 unspecified atom stereocenters. The zero-order valence-electron chi connectivity index (χ0n) is 27.8. The fourth-order valence-electron chi connectivity index (χ4n) is 11.5. The number of nitrogens with one attached hydrogen (secondary N) is 2. The van der Waals surface area contributed by atoms with E-state index in [1.807, 2.05) is 26.0 Å². The van der Waals surface area contributed by atoms with E-state index in [-0.39, 0.29) is 25.4 Å². The molecule has 2 heterocycles. The third-order valence-electron chi connectivity index (χ3n) is 13.2. The van der Waals surface area contributed by atoms with E-state index >= 15 is 0 Å². The highest BCUT2D eigenvalue weighted by Crippen LogP contribution is 2.71. The molecule has 0 aromatic heterocycles. The standard InChI is InChI=1S/C40H46N2O6/c1-3-41-35(43)17-29-27(13-21-5-11-31-33(15-21)47-19-45-31)25-8-7-23-24-9-10-26(37(23)39(25)29)40-30(18-36(44)42-4-2)28(38(24)40)14-22-6-12-32-34(16-22)48-20-46-32/h5-12,15-16,23-30,37-40H,3-4,13-14,17-20H2,1-2H3,(H,41,43)(H,42,44)/t23-,24+,25-,26-,27+,28+,29-,30+,37-,38-,39-,40+/m0/s1. The largest absolute Gasteiger partial charge is 0.454 e. The van der Waals surface area contributed by atoms with Crippen LogP contribution in [0.3, 0.4) is 0 Å². The van der Waals surface area contributed by atoms with Gasteiger partial charge in [-0.25, -0.2) is 0 Å². The molecule has 252 valence electrons. The molecule has 0 radical (unpaired) electrons. The van der Waals surface area contributed by atoms with Crippen molar-refractivity contribution < 1.29 is 28.5 Å². The summed E-state index contributed by atoms with van der Waals surface area (Å²) in [6, 6.07) is 12.7. The third kappa shape index (κ3) is 4.76. The van der Waals surface area contributed by atoms with Gasteiger partial charge in [0.2, 0.25) is 25.4 Å². The molecule has 2 amide bonds. The van der Waals surface area contributed by atoms with E-state index in [0.717, 1.165) is 35.8 Å². The Labute approximate surface area is 282 Å². The summed E-state index contributed by atoms with van der Waals surface area (Å²) in [5.41, 5.74) is 2.51. The quantitative estimate of drug-likeness (QED) is 0.328. The molecule has 3 saturated carbocycles. The zero-order valence-corrected chi connectivity index (χ0v) is 27.8. The monoisotopic (exact) mass is 650 g/mol. The molecular formula is C40H46N2O6. The SMILES string of the molecule is CCNC(=O)C[C@@H]1[C@@H](Cc2ccc3c(c2)OCO3)[C@@H]2[C@@H]3C=C[C@@H]([C@@H]4[C@H]3C=C[C@H]3[C@@H](Cc5ccc6c(c5)OCO6)[C@H](CC(=O)NCC)[C@H]34)[C@H]12. The van der Waals surface area contributed by atoms with E-state index in [2.05, 4.69) is 59.2 Å². The zero-order chi connectivity index (χ0) is 32.5. The molecule has 8 aliphatic rings. The van der Waals surface area contributed by atoms with E-state index in [1.54, 1.807) is 0 Å². The molecule has 6 aliphatic carbocycles. The Kier molecular flexibility index (Phi) is 7.46. The Morgan fingerprint density at radius 3 is 1.62 bits per heavy atom. The Balaban J connectivity index is 1.01. The maximum absolute atomic E-state index is 13.2. The van der Waals surface area contributed by atoms with E-state index in [0.29, 0.717) is 96.9 Å². The molecule has 48 heavy (non-hydrogen) atoms. The summed E-state index contributed by atoms with van der Waals surface area (Å²) in [6.45, 7) is 5.86. The average Bonchev–Trinajstić information content (AvgIpc) is 3.76. The summed E-state index contributed by atoms with van der Waals surface area (Å²) in [6.07, 6.45) is 13.2. The summed E-state index contributed by atoms with van der Waals surface area (Å²) in [4.78, 5) is 26.4. The minimum Gasteiger partial charge on any atom is -0.454 e. The Morgan fingerprint density at radius 2 is 1.02 bits per heavy atom. The van der Waals surface area contributed by atoms with Gasteiger partial charge >= 0.3 is 0 Å². The van der Waals surface area contributed by atoms with Crippen molar-refractivity contribution in [1.29, 1.82) is 0 Å². The summed E-state index contributed by atoms with van der Waals surface area (Å²) in [5.74, 6) is 8.95. The topological polar surface area (TPSA) is 95.1 Å². The van der Waals surface area contributed by atoms with Crippen LogP contribution in [0.5, 0.6) is 23.0 Å². The molecule has 8 nitrogen and oxygen atoms in total. The molecule has 2 aromatic carbocycles. The fourth-order valence-corrected chi connectivity index (χ4v) is 11.5. The molecule has 12 atom stereocenters. The van der Waals surface area contributed by atoms with Crippen molar-refractivity contribution in [1.82, 2.24) is 10.6 Å². The highest BCUT2D eigenvalue weighted by atomic mass is 16.7. The summed E-state index contributed by atoms with van der Waals surface area (Å²) in [5, 5.41) is 6.21. The van der Waals surface area contributed by atoms with Crippen LogP contribution in [0.15, 0.2) is 60.7 Å². The van der Waals surface area contributed by atoms with Crippen molar-refractivity contribution in [3.63, 3.8) is 0 Å². The molecule has 2 N–H and O–H groups in total. The van der Waals surface area contributed by atoms with Crippen molar-refractivity contribution in [3.05, 3.63) is 71.8 Å². The van der Waals surface area contributed by atoms with Gasteiger partial charge in [0.05, 0.1) is 0 Å². The second-order valence-corrected chi connectivity index (χ2v) is 15.1. The lowest BCUT2D eigenvalue weighted by Gasteiger charge is -2.71. The van der Waals surface area contributed by atoms with Crippen LogP contribution >= 0.6 is 0 Å². The van der Waals surface area contributed by atoms with Crippen LogP contribution < -0.4 is 29.6 Å². The van der Waals surface area contributed by atoms with Gasteiger partial charge in [-0.15, -0.1) is 0 Å². The predicted molar refractivity (Wildman–Crippen MR) is 179 cm³/mol. The second-order valence-electron chi connectivity index (χ2n) is 15.1. The van der Waals surface area contributed by atoms with Crippen molar-refractivity contribution in [2.45, 2.75) is 39.5 Å². The molecule has 3 fully saturated rings. The Bertz CT molecular complexity index is 1670. The van der Waals surface area contributed by atoms with Crippen LogP contribution in [0.25, 0.3) is 0 Å². The number of benzene rings is 2. The summed E-state index contributed by atoms with van der Waals surface area (Å²) < 4.78 is 22.6. The van der Waals surface area contributed by atoms with Gasteiger partial charge < -0.3 is 29.6 Å². The molecule has 2 aliphatic heterocycles. The van der Waals surface area contributed by atoms with Gasteiger partial charge in [0.25, 0.3) is 0 Å². The first-order valence-corrected chi connectivity index (χ1v) is 18.2. The number of ether oxygens (including phenoxy) is 4. The first kappa shape index (κ1) is 30.1. The lowest BCUT2D eigenvalue weighted by Crippen LogP contribution is -2.67. The molecule has 2 bridgehead atoms. The number of rotatable bonds is 10. The Morgan fingerprint density at radius 1 is 0.562 bits per heavy atom. The summed E-state index contributed by atoms with van der Waals surface area (Å²) in [7, 11) is 0. The molecular weight excluding hydrogens is 604 g/mol. The third-order valence-corrected chi connectivity index (χ3v) is 13.2. The summed E-state index contributed by atoms with van der Waals surface area (Å²) >= 11 is 0. The number of fused-ring (bicyclic) bond motifs is 3. The first-order chi connectivity index (χ1) is 23.5. The van der Waals surface area contributed by atoms with Crippen LogP contribution in [0, 0.1) is 71.0 Å². The van der Waals surface area contributed by atoms with Crippen molar-refractivity contribution in [2.75, 3.05) is 26.7 Å². The number of allylic oxidation sites excluding steroid dienone is 4. The van der Waals surface area contributed by atoms with E-state index < -0.39 is 0 Å². The van der Waals surface area contributed by atoms with Gasteiger partial charge in [0.1, 0.15) is 0 Å². The molecule has 2 aromatic rings. The lowest BCUT2D eigenvalue weighted by molar-refractivity contribution is -0.191. The van der Waals surface area contributed by atoms with Crippen LogP contribution in [0.4, 0.5) is 0 Å². The molecule has 10 rings (SSSR count). The van der Waals surface area contributed by atoms with Gasteiger partial charge in [-0.2, -0.15) is 0 Å². The highest BCUT2D eigenvalue weighted by molar-refractivity contribution is 5.77. The number of carbonyl (C=O) groups excluding carboxylic acids is 2. The van der Waals surface area contributed by atoms with Gasteiger partial charge in [0, 0.05) is 25.9 Å². The lowest BCUT2D eigenvalue weighted by atomic mass is 9.33. The number of hydrogen-bond donors (Lipinski definition) is 2. The van der Waals surface area contributed by atoms with Gasteiger partial charge in [-0.05, 0) is 133 Å². The molecule has 8 heteroatoms. The highest BCUT2D eigenvalue weighted by Gasteiger charge is 2.67. The van der Waals surface area contributed by atoms with Crippen molar-refractivity contribution >= 4 is 11.8 Å². The minimum atomic E-state index is 0.165. The van der Waals surface area contributed by atoms with Crippen molar-refractivity contribution in [3.8, 4) is 23.0 Å². The first-order valence-electron chi connectivity index (χ1n) is 18.2. The average molecular weight is 651 g/mol. The maximum atomic E-state index is 13.2. The fraction of sp³-hybridized carbons (Fsp3) is 0.550. The van der Waals surface area contributed by atoms with Gasteiger partial charge in [-0.1, -0.05) is 36.4 Å². The van der Waals surface area contributed by atoms with Crippen LogP contribution in [-0.4, -0.2) is 38.5 Å². The Hall–Kier alpha value is -3.94. The minimum absolute atomic E-state index is 0.165. The van der Waals surface area contributed by atoms with Gasteiger partial charge in [0.15, 0.2) is 23.0 Å². The van der Waals surface area contributed by atoms with Crippen LogP contribution in [0.2, 0.25) is 0 Å². The number of carbonyl (C=O) groups is 2. The predicted octanol–water partition coefficient (Wildman–Crippen LogP) is 5.56. The van der Waals surface area contributed by atoms with E-state index in [1.165, 1.54) is 11.1 Å². The second kappa shape index (κ2) is 11.9. The number of amides is 2. The maximum Gasteiger partial charge on any atom is 0.231 e. The normalized spacial score (nSPS) is 36.7. The van der Waals surface area contributed by atoms with E-state index in [9.17, 15) is 9.59 Å². The van der Waals surface area contributed by atoms with Crippen molar-refractivity contribution in [2.24, 2.45) is 71.0 Å². The van der Waals surface area contributed by atoms with E-state index in [4.69, 9.17) is 18.9 Å². The molecule has 0 saturated heterocycles.